The zero-order valence-electron chi connectivity index (χ0n) is 9.73. The second-order valence-electron chi connectivity index (χ2n) is 4.61. The van der Waals surface area contributed by atoms with Crippen molar-refractivity contribution in [3.8, 4) is 5.75 Å². The highest BCUT2D eigenvalue weighted by Gasteiger charge is 2.16. The minimum Gasteiger partial charge on any atom is -0.495 e. The van der Waals surface area contributed by atoms with Gasteiger partial charge in [0.15, 0.2) is 0 Å². The smallest absolute Gasteiger partial charge is 0.137 e. The van der Waals surface area contributed by atoms with Crippen LogP contribution in [-0.4, -0.2) is 12.6 Å². The molecule has 0 aromatic heterocycles. The van der Waals surface area contributed by atoms with Crippen LogP contribution in [0.2, 0.25) is 5.02 Å². The zero-order valence-corrected chi connectivity index (χ0v) is 10.5. The lowest BCUT2D eigenvalue weighted by Crippen LogP contribution is -2.34. The molecule has 15 heavy (non-hydrogen) atoms. The van der Waals surface area contributed by atoms with Crippen LogP contribution in [-0.2, 0) is 6.42 Å². The van der Waals surface area contributed by atoms with Crippen molar-refractivity contribution in [2.24, 2.45) is 5.73 Å². The van der Waals surface area contributed by atoms with Gasteiger partial charge in [0.2, 0.25) is 0 Å². The van der Waals surface area contributed by atoms with Crippen LogP contribution in [0, 0.1) is 6.92 Å². The van der Waals surface area contributed by atoms with E-state index in [0.29, 0.717) is 5.02 Å². The van der Waals surface area contributed by atoms with Crippen LogP contribution in [0.25, 0.3) is 0 Å². The highest BCUT2D eigenvalue weighted by molar-refractivity contribution is 6.32. The predicted molar refractivity (Wildman–Crippen MR) is 64.7 cm³/mol. The van der Waals surface area contributed by atoms with Crippen LogP contribution in [0.15, 0.2) is 12.1 Å². The molecule has 0 aliphatic heterocycles. The lowest BCUT2D eigenvalue weighted by molar-refractivity contribution is 0.413. The van der Waals surface area contributed by atoms with Crippen LogP contribution in [0.5, 0.6) is 5.75 Å². The minimum atomic E-state index is -0.261. The molecule has 0 spiro atoms. The first-order chi connectivity index (χ1) is 6.83. The van der Waals surface area contributed by atoms with E-state index in [-0.39, 0.29) is 5.54 Å². The number of ether oxygens (including phenoxy) is 1. The SMILES string of the molecule is COc1cc(C)cc(CC(C)(C)N)c1Cl. The van der Waals surface area contributed by atoms with Gasteiger partial charge in [-0.05, 0) is 44.4 Å². The summed E-state index contributed by atoms with van der Waals surface area (Å²) in [6.45, 7) is 5.99. The molecule has 3 heteroatoms. The topological polar surface area (TPSA) is 35.2 Å². The third-order valence-corrected chi connectivity index (χ3v) is 2.55. The molecule has 0 unspecified atom stereocenters. The fourth-order valence-electron chi connectivity index (χ4n) is 1.58. The van der Waals surface area contributed by atoms with E-state index in [2.05, 4.69) is 6.07 Å². The average Bonchev–Trinajstić information content (AvgIpc) is 2.08. The largest absolute Gasteiger partial charge is 0.495 e. The van der Waals surface area contributed by atoms with Crippen molar-refractivity contribution in [1.82, 2.24) is 0 Å². The van der Waals surface area contributed by atoms with E-state index in [0.717, 1.165) is 23.3 Å². The van der Waals surface area contributed by atoms with Crippen molar-refractivity contribution in [2.45, 2.75) is 32.7 Å². The van der Waals surface area contributed by atoms with Gasteiger partial charge >= 0.3 is 0 Å². The van der Waals surface area contributed by atoms with Gasteiger partial charge in [0.25, 0.3) is 0 Å². The van der Waals surface area contributed by atoms with Gasteiger partial charge < -0.3 is 10.5 Å². The molecule has 2 N–H and O–H groups in total. The monoisotopic (exact) mass is 227 g/mol. The number of nitrogens with two attached hydrogens (primary N) is 1. The van der Waals surface area contributed by atoms with Crippen molar-refractivity contribution in [2.75, 3.05) is 7.11 Å². The summed E-state index contributed by atoms with van der Waals surface area (Å²) in [6.07, 6.45) is 0.740. The minimum absolute atomic E-state index is 0.261. The summed E-state index contributed by atoms with van der Waals surface area (Å²) < 4.78 is 5.21. The van der Waals surface area contributed by atoms with E-state index in [1.807, 2.05) is 26.8 Å². The van der Waals surface area contributed by atoms with Crippen molar-refractivity contribution in [3.63, 3.8) is 0 Å². The highest BCUT2D eigenvalue weighted by atomic mass is 35.5. The average molecular weight is 228 g/mol. The van der Waals surface area contributed by atoms with Gasteiger partial charge in [0.05, 0.1) is 12.1 Å². The van der Waals surface area contributed by atoms with Crippen molar-refractivity contribution in [1.29, 1.82) is 0 Å². The van der Waals surface area contributed by atoms with E-state index in [9.17, 15) is 0 Å². The Labute approximate surface area is 96.4 Å². The number of hydrogen-bond acceptors (Lipinski definition) is 2. The highest BCUT2D eigenvalue weighted by Crippen LogP contribution is 2.31. The molecular formula is C12H18ClNO. The van der Waals surface area contributed by atoms with Gasteiger partial charge in [-0.25, -0.2) is 0 Å². The van der Waals surface area contributed by atoms with Crippen molar-refractivity contribution in [3.05, 3.63) is 28.3 Å². The Hall–Kier alpha value is -0.730. The predicted octanol–water partition coefficient (Wildman–Crippen LogP) is 2.94. The first-order valence-corrected chi connectivity index (χ1v) is 5.33. The molecule has 0 aliphatic rings. The van der Waals surface area contributed by atoms with E-state index < -0.39 is 0 Å². The van der Waals surface area contributed by atoms with Crippen molar-refractivity contribution >= 4 is 11.6 Å². The van der Waals surface area contributed by atoms with Gasteiger partial charge in [-0.1, -0.05) is 17.7 Å². The molecule has 0 atom stereocenters. The molecule has 0 heterocycles. The lowest BCUT2D eigenvalue weighted by atomic mass is 9.95. The number of methoxy groups -OCH3 is 1. The van der Waals surface area contributed by atoms with Crippen LogP contribution in [0.4, 0.5) is 0 Å². The Bertz CT molecular complexity index is 355. The normalized spacial score (nSPS) is 11.6. The van der Waals surface area contributed by atoms with E-state index in [4.69, 9.17) is 22.1 Å². The maximum atomic E-state index is 6.21. The van der Waals surface area contributed by atoms with Crippen LogP contribution >= 0.6 is 11.6 Å². The second-order valence-corrected chi connectivity index (χ2v) is 4.98. The number of aryl methyl sites for hydroxylation is 1. The lowest BCUT2D eigenvalue weighted by Gasteiger charge is -2.20. The number of benzene rings is 1. The first kappa shape index (κ1) is 12.3. The molecule has 1 aromatic rings. The third kappa shape index (κ3) is 3.40. The summed E-state index contributed by atoms with van der Waals surface area (Å²) in [5.41, 5.74) is 7.89. The molecule has 0 saturated carbocycles. The molecular weight excluding hydrogens is 210 g/mol. The Balaban J connectivity index is 3.12. The summed E-state index contributed by atoms with van der Waals surface area (Å²) in [5, 5.41) is 0.668. The zero-order chi connectivity index (χ0) is 11.6. The summed E-state index contributed by atoms with van der Waals surface area (Å²) in [4.78, 5) is 0. The molecule has 0 radical (unpaired) electrons. The van der Waals surface area contributed by atoms with Gasteiger partial charge in [0.1, 0.15) is 5.75 Å². The van der Waals surface area contributed by atoms with Gasteiger partial charge in [-0.3, -0.25) is 0 Å². The maximum absolute atomic E-state index is 6.21. The Kier molecular flexibility index (Phi) is 3.63. The molecule has 1 aromatic carbocycles. The molecule has 2 nitrogen and oxygen atoms in total. The maximum Gasteiger partial charge on any atom is 0.137 e. The molecule has 1 rings (SSSR count). The molecule has 0 bridgehead atoms. The fourth-order valence-corrected chi connectivity index (χ4v) is 1.83. The third-order valence-electron chi connectivity index (χ3n) is 2.12. The van der Waals surface area contributed by atoms with Gasteiger partial charge in [-0.15, -0.1) is 0 Å². The molecule has 0 amide bonds. The number of halogens is 1. The summed E-state index contributed by atoms with van der Waals surface area (Å²) in [6, 6.07) is 3.98. The molecule has 0 aliphatic carbocycles. The number of hydrogen-bond donors (Lipinski definition) is 1. The second kappa shape index (κ2) is 4.42. The summed E-state index contributed by atoms with van der Waals surface area (Å²) in [7, 11) is 1.62. The van der Waals surface area contributed by atoms with Crippen LogP contribution in [0.3, 0.4) is 0 Å². The van der Waals surface area contributed by atoms with E-state index in [1.54, 1.807) is 7.11 Å². The Morgan fingerprint density at radius 1 is 1.40 bits per heavy atom. The van der Waals surface area contributed by atoms with Crippen LogP contribution < -0.4 is 10.5 Å². The van der Waals surface area contributed by atoms with E-state index in [1.165, 1.54) is 0 Å². The quantitative estimate of drug-likeness (QED) is 0.862. The fraction of sp³-hybridized carbons (Fsp3) is 0.500. The van der Waals surface area contributed by atoms with Crippen molar-refractivity contribution < 1.29 is 4.74 Å². The Morgan fingerprint density at radius 2 is 2.00 bits per heavy atom. The summed E-state index contributed by atoms with van der Waals surface area (Å²) in [5.74, 6) is 0.718. The Morgan fingerprint density at radius 3 is 2.47 bits per heavy atom. The first-order valence-electron chi connectivity index (χ1n) is 4.95. The van der Waals surface area contributed by atoms with Crippen LogP contribution in [0.1, 0.15) is 25.0 Å². The molecule has 0 fully saturated rings. The summed E-state index contributed by atoms with van der Waals surface area (Å²) >= 11 is 6.21. The van der Waals surface area contributed by atoms with Gasteiger partial charge in [-0.2, -0.15) is 0 Å². The molecule has 84 valence electrons. The standard InChI is InChI=1S/C12H18ClNO/c1-8-5-9(7-12(2,3)14)11(13)10(6-8)15-4/h5-6H,7,14H2,1-4H3. The van der Waals surface area contributed by atoms with E-state index >= 15 is 0 Å². The molecule has 0 saturated heterocycles. The number of rotatable bonds is 3. The van der Waals surface area contributed by atoms with Gasteiger partial charge in [0, 0.05) is 5.54 Å².